The van der Waals surface area contributed by atoms with E-state index in [-0.39, 0.29) is 0 Å². The standard InChI is InChI=1S/C13H15N3O/c14-12-9-10-3-1-2-4-11(10)13(15-12)16-5-7-17-8-6-16/h1-4,9H,5-8H2,(H2,14,15). The molecule has 0 atom stereocenters. The summed E-state index contributed by atoms with van der Waals surface area (Å²) >= 11 is 0. The third-order valence-corrected chi connectivity index (χ3v) is 3.05. The fourth-order valence-electron chi connectivity index (χ4n) is 2.22. The molecule has 1 aliphatic rings. The smallest absolute Gasteiger partial charge is 0.139 e. The molecule has 17 heavy (non-hydrogen) atoms. The molecule has 1 aromatic heterocycles. The molecule has 1 fully saturated rings. The fraction of sp³-hybridized carbons (Fsp3) is 0.308. The Morgan fingerprint density at radius 1 is 1.18 bits per heavy atom. The van der Waals surface area contributed by atoms with Gasteiger partial charge in [-0.05, 0) is 11.5 Å². The Kier molecular flexibility index (Phi) is 2.57. The van der Waals surface area contributed by atoms with Crippen molar-refractivity contribution in [3.8, 4) is 0 Å². The molecule has 4 heteroatoms. The molecular weight excluding hydrogens is 214 g/mol. The van der Waals surface area contributed by atoms with Gasteiger partial charge in [0.2, 0.25) is 0 Å². The second kappa shape index (κ2) is 4.22. The minimum Gasteiger partial charge on any atom is -0.384 e. The molecule has 0 radical (unpaired) electrons. The van der Waals surface area contributed by atoms with Crippen molar-refractivity contribution in [3.05, 3.63) is 30.3 Å². The average Bonchev–Trinajstić information content (AvgIpc) is 2.39. The Bertz CT molecular complexity index is 535. The quantitative estimate of drug-likeness (QED) is 0.808. The van der Waals surface area contributed by atoms with Gasteiger partial charge in [0.1, 0.15) is 11.6 Å². The van der Waals surface area contributed by atoms with Crippen molar-refractivity contribution in [1.29, 1.82) is 0 Å². The molecule has 2 heterocycles. The highest BCUT2D eigenvalue weighted by atomic mass is 16.5. The van der Waals surface area contributed by atoms with Crippen LogP contribution in [-0.2, 0) is 4.74 Å². The van der Waals surface area contributed by atoms with Gasteiger partial charge < -0.3 is 15.4 Å². The van der Waals surface area contributed by atoms with E-state index in [1.807, 2.05) is 18.2 Å². The van der Waals surface area contributed by atoms with Crippen LogP contribution in [0.1, 0.15) is 0 Å². The highest BCUT2D eigenvalue weighted by Crippen LogP contribution is 2.26. The third-order valence-electron chi connectivity index (χ3n) is 3.05. The molecule has 0 unspecified atom stereocenters. The lowest BCUT2D eigenvalue weighted by atomic mass is 10.1. The maximum atomic E-state index is 5.86. The van der Waals surface area contributed by atoms with Crippen LogP contribution in [0.5, 0.6) is 0 Å². The number of benzene rings is 1. The number of morpholine rings is 1. The van der Waals surface area contributed by atoms with Gasteiger partial charge in [0.05, 0.1) is 13.2 Å². The molecule has 1 aliphatic heterocycles. The van der Waals surface area contributed by atoms with E-state index in [4.69, 9.17) is 10.5 Å². The normalized spacial score (nSPS) is 16.4. The van der Waals surface area contributed by atoms with E-state index in [1.165, 1.54) is 0 Å². The van der Waals surface area contributed by atoms with Crippen LogP contribution in [0.25, 0.3) is 10.8 Å². The van der Waals surface area contributed by atoms with E-state index in [9.17, 15) is 0 Å². The first-order chi connectivity index (χ1) is 8.34. The molecule has 2 aromatic rings. The molecule has 3 rings (SSSR count). The van der Waals surface area contributed by atoms with Crippen molar-refractivity contribution in [2.75, 3.05) is 36.9 Å². The molecule has 0 spiro atoms. The summed E-state index contributed by atoms with van der Waals surface area (Å²) in [6.07, 6.45) is 0. The molecule has 0 amide bonds. The van der Waals surface area contributed by atoms with Crippen molar-refractivity contribution in [1.82, 2.24) is 4.98 Å². The van der Waals surface area contributed by atoms with Gasteiger partial charge in [-0.2, -0.15) is 0 Å². The van der Waals surface area contributed by atoms with E-state index in [2.05, 4.69) is 22.0 Å². The Labute approximate surface area is 100.0 Å². The molecule has 0 aliphatic carbocycles. The van der Waals surface area contributed by atoms with Gasteiger partial charge in [-0.25, -0.2) is 4.98 Å². The van der Waals surface area contributed by atoms with Gasteiger partial charge in [-0.1, -0.05) is 24.3 Å². The van der Waals surface area contributed by atoms with Gasteiger partial charge >= 0.3 is 0 Å². The van der Waals surface area contributed by atoms with Crippen LogP contribution in [0.4, 0.5) is 11.6 Å². The Hall–Kier alpha value is -1.81. The molecule has 0 bridgehead atoms. The maximum Gasteiger partial charge on any atom is 0.139 e. The van der Waals surface area contributed by atoms with Crippen molar-refractivity contribution < 1.29 is 4.74 Å². The second-order valence-corrected chi connectivity index (χ2v) is 4.19. The molecule has 88 valence electrons. The minimum absolute atomic E-state index is 0.574. The summed E-state index contributed by atoms with van der Waals surface area (Å²) in [6.45, 7) is 3.26. The van der Waals surface area contributed by atoms with E-state index >= 15 is 0 Å². The summed E-state index contributed by atoms with van der Waals surface area (Å²) in [5.41, 5.74) is 5.86. The molecular formula is C13H15N3O. The predicted octanol–water partition coefficient (Wildman–Crippen LogP) is 1.65. The predicted molar refractivity (Wildman–Crippen MR) is 69.2 cm³/mol. The number of aromatic nitrogens is 1. The Morgan fingerprint density at radius 3 is 2.76 bits per heavy atom. The van der Waals surface area contributed by atoms with E-state index in [1.54, 1.807) is 0 Å². The SMILES string of the molecule is Nc1cc2ccccc2c(N2CCOCC2)n1. The van der Waals surface area contributed by atoms with Crippen molar-refractivity contribution in [3.63, 3.8) is 0 Å². The second-order valence-electron chi connectivity index (χ2n) is 4.19. The number of anilines is 2. The van der Waals surface area contributed by atoms with Crippen LogP contribution >= 0.6 is 0 Å². The van der Waals surface area contributed by atoms with E-state index in [0.717, 1.165) is 42.9 Å². The van der Waals surface area contributed by atoms with Crippen molar-refractivity contribution in [2.24, 2.45) is 0 Å². The molecule has 1 saturated heterocycles. The Morgan fingerprint density at radius 2 is 1.94 bits per heavy atom. The number of fused-ring (bicyclic) bond motifs is 1. The zero-order valence-corrected chi connectivity index (χ0v) is 9.60. The Balaban J connectivity index is 2.13. The number of nitrogen functional groups attached to an aromatic ring is 1. The highest BCUT2D eigenvalue weighted by molar-refractivity contribution is 5.94. The lowest BCUT2D eigenvalue weighted by molar-refractivity contribution is 0.122. The molecule has 1 aromatic carbocycles. The topological polar surface area (TPSA) is 51.4 Å². The van der Waals surface area contributed by atoms with Crippen LogP contribution < -0.4 is 10.6 Å². The van der Waals surface area contributed by atoms with E-state index < -0.39 is 0 Å². The third kappa shape index (κ3) is 1.91. The molecule has 4 nitrogen and oxygen atoms in total. The summed E-state index contributed by atoms with van der Waals surface area (Å²) in [6, 6.07) is 10.1. The van der Waals surface area contributed by atoms with Gasteiger partial charge in [-0.3, -0.25) is 0 Å². The van der Waals surface area contributed by atoms with E-state index in [0.29, 0.717) is 5.82 Å². The lowest BCUT2D eigenvalue weighted by Gasteiger charge is -2.28. The number of pyridine rings is 1. The van der Waals surface area contributed by atoms with Gasteiger partial charge in [0.25, 0.3) is 0 Å². The summed E-state index contributed by atoms with van der Waals surface area (Å²) in [5.74, 6) is 1.55. The zero-order valence-electron chi connectivity index (χ0n) is 9.60. The number of rotatable bonds is 1. The first-order valence-corrected chi connectivity index (χ1v) is 5.82. The van der Waals surface area contributed by atoms with Crippen LogP contribution in [0.3, 0.4) is 0 Å². The number of nitrogens with zero attached hydrogens (tertiary/aromatic N) is 2. The average molecular weight is 229 g/mol. The summed E-state index contributed by atoms with van der Waals surface area (Å²) in [5, 5.41) is 2.30. The van der Waals surface area contributed by atoms with Crippen LogP contribution in [0.2, 0.25) is 0 Å². The van der Waals surface area contributed by atoms with Crippen LogP contribution in [-0.4, -0.2) is 31.3 Å². The van der Waals surface area contributed by atoms with Crippen LogP contribution in [0.15, 0.2) is 30.3 Å². The first-order valence-electron chi connectivity index (χ1n) is 5.82. The maximum absolute atomic E-state index is 5.86. The number of hydrogen-bond donors (Lipinski definition) is 1. The number of hydrogen-bond acceptors (Lipinski definition) is 4. The number of nitrogens with two attached hydrogens (primary N) is 1. The molecule has 2 N–H and O–H groups in total. The fourth-order valence-corrected chi connectivity index (χ4v) is 2.22. The summed E-state index contributed by atoms with van der Waals surface area (Å²) in [7, 11) is 0. The largest absolute Gasteiger partial charge is 0.384 e. The number of ether oxygens (including phenoxy) is 1. The summed E-state index contributed by atoms with van der Waals surface area (Å²) < 4.78 is 5.36. The van der Waals surface area contributed by atoms with Gasteiger partial charge in [0.15, 0.2) is 0 Å². The summed E-state index contributed by atoms with van der Waals surface area (Å²) in [4.78, 5) is 6.71. The highest BCUT2D eigenvalue weighted by Gasteiger charge is 2.15. The molecule has 0 saturated carbocycles. The van der Waals surface area contributed by atoms with Gasteiger partial charge in [-0.15, -0.1) is 0 Å². The van der Waals surface area contributed by atoms with Crippen molar-refractivity contribution >= 4 is 22.4 Å². The minimum atomic E-state index is 0.574. The zero-order chi connectivity index (χ0) is 11.7. The van der Waals surface area contributed by atoms with Gasteiger partial charge in [0, 0.05) is 18.5 Å². The first kappa shape index (κ1) is 10.4. The monoisotopic (exact) mass is 229 g/mol. The van der Waals surface area contributed by atoms with Crippen molar-refractivity contribution in [2.45, 2.75) is 0 Å². The lowest BCUT2D eigenvalue weighted by Crippen LogP contribution is -2.37. The van der Waals surface area contributed by atoms with Crippen LogP contribution in [0, 0.1) is 0 Å².